The lowest BCUT2D eigenvalue weighted by Gasteiger charge is -2.40. The van der Waals surface area contributed by atoms with E-state index in [0.29, 0.717) is 0 Å². The Morgan fingerprint density at radius 3 is 1.10 bits per heavy atom. The third-order valence-corrected chi connectivity index (χ3v) is 6.89. The van der Waals surface area contributed by atoms with Crippen molar-refractivity contribution in [2.45, 2.75) is 55.4 Å². The normalized spacial score (nSPS) is 27.7. The van der Waals surface area contributed by atoms with Crippen molar-refractivity contribution in [1.29, 1.82) is 0 Å². The lowest BCUT2D eigenvalue weighted by Crippen LogP contribution is -2.33. The fourth-order valence-electron chi connectivity index (χ4n) is 4.13. The van der Waals surface area contributed by atoms with Crippen LogP contribution >= 0.6 is 23.2 Å². The smallest absolute Gasteiger partial charge is 0.0290 e. The quantitative estimate of drug-likeness (QED) is 0.514. The molecule has 0 heterocycles. The van der Waals surface area contributed by atoms with Crippen LogP contribution in [0.3, 0.4) is 0 Å². The van der Waals surface area contributed by atoms with Gasteiger partial charge in [-0.25, -0.2) is 0 Å². The summed E-state index contributed by atoms with van der Waals surface area (Å²) in [5.41, 5.74) is 7.91. The second-order valence-corrected chi connectivity index (χ2v) is 8.06. The molecule has 0 aromatic carbocycles. The molecule has 2 rings (SSSR count). The van der Waals surface area contributed by atoms with E-state index in [9.17, 15) is 0 Å². The molecule has 0 spiro atoms. The van der Waals surface area contributed by atoms with Crippen molar-refractivity contribution in [2.75, 3.05) is 0 Å². The van der Waals surface area contributed by atoms with E-state index in [1.807, 2.05) is 0 Å². The summed E-state index contributed by atoms with van der Waals surface area (Å²) in [7, 11) is 0. The molecule has 2 unspecified atom stereocenters. The summed E-state index contributed by atoms with van der Waals surface area (Å²) in [6.07, 6.45) is 0. The highest BCUT2D eigenvalue weighted by Crippen LogP contribution is 2.57. The van der Waals surface area contributed by atoms with E-state index >= 15 is 0 Å². The Bertz CT molecular complexity index is 522. The monoisotopic (exact) mass is 324 g/mol. The van der Waals surface area contributed by atoms with Crippen molar-refractivity contribution in [2.24, 2.45) is 17.3 Å². The third kappa shape index (κ3) is 2.26. The second-order valence-electron chi connectivity index (χ2n) is 7.25. The molecule has 0 radical (unpaired) electrons. The number of hydrogen-bond donors (Lipinski definition) is 0. The van der Waals surface area contributed by atoms with Gasteiger partial charge in [-0.2, -0.15) is 0 Å². The Hall–Kier alpha value is -0.460. The molecule has 2 atom stereocenters. The molecule has 21 heavy (non-hydrogen) atoms. The van der Waals surface area contributed by atoms with Crippen LogP contribution in [0.25, 0.3) is 0 Å². The van der Waals surface area contributed by atoms with Gasteiger partial charge in [0, 0.05) is 21.9 Å². The summed E-state index contributed by atoms with van der Waals surface area (Å²) < 4.78 is 0. The molecule has 0 saturated carbocycles. The van der Waals surface area contributed by atoms with Gasteiger partial charge in [-0.3, -0.25) is 0 Å². The summed E-state index contributed by atoms with van der Waals surface area (Å²) in [6.45, 7) is 17.6. The zero-order valence-electron chi connectivity index (χ0n) is 14.4. The Kier molecular flexibility index (Phi) is 4.28. The summed E-state index contributed by atoms with van der Waals surface area (Å²) >= 11 is 13.4. The van der Waals surface area contributed by atoms with Gasteiger partial charge in [-0.05, 0) is 69.2 Å². The van der Waals surface area contributed by atoms with Crippen molar-refractivity contribution < 1.29 is 0 Å². The minimum absolute atomic E-state index is 0.0274. The highest BCUT2D eigenvalue weighted by molar-refractivity contribution is 6.32. The van der Waals surface area contributed by atoms with E-state index in [1.165, 1.54) is 33.4 Å². The Morgan fingerprint density at radius 1 is 0.619 bits per heavy atom. The first-order valence-corrected chi connectivity index (χ1v) is 8.37. The minimum Gasteiger partial charge on any atom is -0.0882 e. The third-order valence-electron chi connectivity index (χ3n) is 5.89. The van der Waals surface area contributed by atoms with Crippen LogP contribution in [-0.2, 0) is 0 Å². The van der Waals surface area contributed by atoms with Crippen LogP contribution in [0.4, 0.5) is 0 Å². The van der Waals surface area contributed by atoms with Gasteiger partial charge in [0.2, 0.25) is 0 Å². The molecule has 0 aromatic heterocycles. The molecule has 2 aliphatic carbocycles. The molecule has 0 amide bonds. The van der Waals surface area contributed by atoms with E-state index in [4.69, 9.17) is 23.2 Å². The molecule has 0 aliphatic heterocycles. The predicted octanol–water partition coefficient (Wildman–Crippen LogP) is 6.97. The maximum Gasteiger partial charge on any atom is 0.0290 e. The van der Waals surface area contributed by atoms with E-state index in [1.54, 1.807) is 0 Å². The lowest BCUT2D eigenvalue weighted by molar-refractivity contribution is 0.227. The first-order valence-electron chi connectivity index (χ1n) is 7.61. The van der Waals surface area contributed by atoms with Crippen molar-refractivity contribution >= 4 is 23.2 Å². The fourth-order valence-corrected chi connectivity index (χ4v) is 5.31. The Labute approximate surface area is 139 Å². The molecule has 0 saturated heterocycles. The van der Waals surface area contributed by atoms with Crippen molar-refractivity contribution in [1.82, 2.24) is 0 Å². The SMILES string of the molecule is CC1=C(C)C(C(C)(C)C2C(C)=C(C)C(C)=C2Cl)C(Cl)=C1C. The van der Waals surface area contributed by atoms with Gasteiger partial charge in [0.15, 0.2) is 0 Å². The molecular formula is C19H26Cl2. The molecule has 0 bridgehead atoms. The van der Waals surface area contributed by atoms with Gasteiger partial charge in [0.25, 0.3) is 0 Å². The van der Waals surface area contributed by atoms with Crippen molar-refractivity contribution in [3.8, 4) is 0 Å². The van der Waals surface area contributed by atoms with Crippen LogP contribution in [0.15, 0.2) is 43.5 Å². The van der Waals surface area contributed by atoms with Gasteiger partial charge in [-0.1, -0.05) is 48.2 Å². The zero-order chi connectivity index (χ0) is 16.3. The molecule has 0 aromatic rings. The molecule has 2 aliphatic rings. The molecule has 2 heteroatoms. The number of allylic oxidation sites excluding steroid dienone is 8. The largest absolute Gasteiger partial charge is 0.0882 e. The molecular weight excluding hydrogens is 299 g/mol. The summed E-state index contributed by atoms with van der Waals surface area (Å²) in [5, 5.41) is 1.99. The van der Waals surface area contributed by atoms with Crippen LogP contribution in [0.2, 0.25) is 0 Å². The van der Waals surface area contributed by atoms with Gasteiger partial charge in [0.05, 0.1) is 0 Å². The van der Waals surface area contributed by atoms with E-state index < -0.39 is 0 Å². The van der Waals surface area contributed by atoms with Gasteiger partial charge in [0.1, 0.15) is 0 Å². The standard InChI is InChI=1S/C19H26Cl2/c1-9-11(3)15(17(20)13(9)5)19(7,8)16-12(4)10(2)14(6)18(16)21/h15-16H,1-8H3. The number of rotatable bonds is 2. The fraction of sp³-hybridized carbons (Fsp3) is 0.579. The lowest BCUT2D eigenvalue weighted by atomic mass is 9.65. The van der Waals surface area contributed by atoms with Crippen molar-refractivity contribution in [3.63, 3.8) is 0 Å². The molecule has 0 nitrogen and oxygen atoms in total. The van der Waals surface area contributed by atoms with Gasteiger partial charge >= 0.3 is 0 Å². The average molecular weight is 325 g/mol. The minimum atomic E-state index is -0.0274. The topological polar surface area (TPSA) is 0 Å². The maximum absolute atomic E-state index is 6.71. The molecule has 116 valence electrons. The summed E-state index contributed by atoms with van der Waals surface area (Å²) in [5.74, 6) is 0.512. The Morgan fingerprint density at radius 2 is 0.905 bits per heavy atom. The number of halogens is 2. The van der Waals surface area contributed by atoms with Crippen LogP contribution in [0, 0.1) is 17.3 Å². The van der Waals surface area contributed by atoms with Crippen LogP contribution < -0.4 is 0 Å². The maximum atomic E-state index is 6.71. The highest BCUT2D eigenvalue weighted by atomic mass is 35.5. The van der Waals surface area contributed by atoms with Crippen LogP contribution in [0.5, 0.6) is 0 Å². The van der Waals surface area contributed by atoms with Crippen LogP contribution in [0.1, 0.15) is 55.4 Å². The first kappa shape index (κ1) is 16.9. The zero-order valence-corrected chi connectivity index (χ0v) is 15.9. The summed E-state index contributed by atoms with van der Waals surface area (Å²) in [4.78, 5) is 0. The van der Waals surface area contributed by atoms with E-state index in [-0.39, 0.29) is 17.3 Å². The second kappa shape index (κ2) is 5.32. The van der Waals surface area contributed by atoms with Crippen molar-refractivity contribution in [3.05, 3.63) is 43.5 Å². The van der Waals surface area contributed by atoms with Gasteiger partial charge < -0.3 is 0 Å². The molecule has 0 fully saturated rings. The van der Waals surface area contributed by atoms with E-state index in [0.717, 1.165) is 10.1 Å². The summed E-state index contributed by atoms with van der Waals surface area (Å²) in [6, 6.07) is 0. The predicted molar refractivity (Wildman–Crippen MR) is 94.6 cm³/mol. The molecule has 0 N–H and O–H groups in total. The van der Waals surface area contributed by atoms with Crippen LogP contribution in [-0.4, -0.2) is 0 Å². The first-order chi connectivity index (χ1) is 9.53. The average Bonchev–Trinajstić information content (AvgIpc) is 2.72. The van der Waals surface area contributed by atoms with E-state index in [2.05, 4.69) is 55.4 Å². The number of hydrogen-bond acceptors (Lipinski definition) is 0. The Balaban J connectivity index is 2.56. The van der Waals surface area contributed by atoms with Gasteiger partial charge in [-0.15, -0.1) is 0 Å². The highest BCUT2D eigenvalue weighted by Gasteiger charge is 2.47.